The molecule has 19 heavy (non-hydrogen) atoms. The van der Waals surface area contributed by atoms with Crippen LogP contribution in [0.4, 0.5) is 0 Å². The van der Waals surface area contributed by atoms with Crippen molar-refractivity contribution in [3.8, 4) is 0 Å². The van der Waals surface area contributed by atoms with Gasteiger partial charge in [0.15, 0.2) is 0 Å². The first kappa shape index (κ1) is 15.1. The number of hydrogen-bond acceptors (Lipinski definition) is 4. The van der Waals surface area contributed by atoms with E-state index in [0.29, 0.717) is 0 Å². The summed E-state index contributed by atoms with van der Waals surface area (Å²) >= 11 is 15.1. The molecule has 0 aliphatic carbocycles. The first-order chi connectivity index (χ1) is 9.20. The van der Waals surface area contributed by atoms with Gasteiger partial charge in [0.1, 0.15) is 0 Å². The van der Waals surface area contributed by atoms with E-state index in [2.05, 4.69) is 10.1 Å². The van der Waals surface area contributed by atoms with Gasteiger partial charge in [0.05, 0.1) is 0 Å². The van der Waals surface area contributed by atoms with Crippen LogP contribution in [0.5, 0.6) is 0 Å². The molecule has 5 heteroatoms. The van der Waals surface area contributed by atoms with Crippen LogP contribution in [0, 0.1) is 0 Å². The Bertz CT molecular complexity index is 443. The van der Waals surface area contributed by atoms with Crippen molar-refractivity contribution in [3.63, 3.8) is 0 Å². The molecule has 0 saturated carbocycles. The van der Waals surface area contributed by atoms with E-state index < -0.39 is 0 Å². The number of rotatable bonds is 8. The second-order valence-corrected chi connectivity index (χ2v) is 11.8. The summed E-state index contributed by atoms with van der Waals surface area (Å²) in [6, 6.07) is 2.33. The summed E-state index contributed by atoms with van der Waals surface area (Å²) in [6.45, 7) is 0. The summed E-state index contributed by atoms with van der Waals surface area (Å²) in [7, 11) is 0. The van der Waals surface area contributed by atoms with Gasteiger partial charge in [-0.25, -0.2) is 0 Å². The molecule has 3 rings (SSSR count). The normalized spacial score (nSPS) is 24.2. The molecule has 0 aromatic carbocycles. The molecule has 102 valence electrons. The molecule has 2 aliphatic rings. The fourth-order valence-corrected chi connectivity index (χ4v) is 7.14. The van der Waals surface area contributed by atoms with E-state index >= 15 is 0 Å². The van der Waals surface area contributed by atoms with E-state index in [1.807, 2.05) is 23.5 Å². The quantitative estimate of drug-likeness (QED) is 0.344. The van der Waals surface area contributed by atoms with Crippen LogP contribution in [0.3, 0.4) is 0 Å². The Hall–Kier alpha value is 1.15. The van der Waals surface area contributed by atoms with Gasteiger partial charge in [-0.15, -0.1) is 0 Å². The molecular formula is C14H16S4Te. The first-order valence-corrected chi connectivity index (χ1v) is 11.9. The van der Waals surface area contributed by atoms with Crippen LogP contribution < -0.4 is 0 Å². The van der Waals surface area contributed by atoms with Gasteiger partial charge in [-0.05, 0) is 0 Å². The molecule has 0 bridgehead atoms. The van der Waals surface area contributed by atoms with Crippen molar-refractivity contribution in [2.24, 2.45) is 0 Å². The number of thiocarbonyl (C=S) groups is 2. The summed E-state index contributed by atoms with van der Waals surface area (Å²) in [5.41, 5.74) is 1.52. The standard InChI is InChI=1S/C14H16S4Te/c15-10(4-12-7-17-12)3-9-1-2-19-14(9)6-11(16)5-13-8-18-13/h1-2,12-13H,3-8H2. The molecule has 2 fully saturated rings. The van der Waals surface area contributed by atoms with E-state index in [1.54, 1.807) is 3.58 Å². The second kappa shape index (κ2) is 6.94. The van der Waals surface area contributed by atoms with E-state index in [-0.39, 0.29) is 20.4 Å². The van der Waals surface area contributed by atoms with Crippen molar-refractivity contribution in [3.05, 3.63) is 19.3 Å². The third-order valence-corrected chi connectivity index (χ3v) is 8.61. The number of hydrogen-bond donors (Lipinski definition) is 0. The van der Waals surface area contributed by atoms with Crippen molar-refractivity contribution >= 4 is 78.1 Å². The van der Waals surface area contributed by atoms with Gasteiger partial charge in [0.2, 0.25) is 0 Å². The molecule has 0 amide bonds. The van der Waals surface area contributed by atoms with E-state index in [4.69, 9.17) is 24.4 Å². The van der Waals surface area contributed by atoms with Gasteiger partial charge < -0.3 is 0 Å². The van der Waals surface area contributed by atoms with Gasteiger partial charge in [0.25, 0.3) is 0 Å². The average Bonchev–Trinajstić information content (AvgIpc) is 3.25. The fourth-order valence-electron chi connectivity index (χ4n) is 2.10. The molecule has 0 radical (unpaired) electrons. The summed E-state index contributed by atoms with van der Waals surface area (Å²) < 4.78 is 4.06. The SMILES string of the molecule is S=C(Cc1cc[te]c1CC(=S)CC1CS1)CC1CS1. The Morgan fingerprint density at radius 2 is 1.68 bits per heavy atom. The van der Waals surface area contributed by atoms with Crippen molar-refractivity contribution in [1.82, 2.24) is 0 Å². The Labute approximate surface area is 144 Å². The van der Waals surface area contributed by atoms with Gasteiger partial charge >= 0.3 is 145 Å². The topological polar surface area (TPSA) is 0 Å². The summed E-state index contributed by atoms with van der Waals surface area (Å²) in [4.78, 5) is 2.53. The summed E-state index contributed by atoms with van der Waals surface area (Å²) in [5.74, 6) is 2.64. The van der Waals surface area contributed by atoms with Gasteiger partial charge in [-0.2, -0.15) is 0 Å². The van der Waals surface area contributed by atoms with Crippen LogP contribution >= 0.6 is 48.0 Å². The molecular weight excluding hydrogens is 424 g/mol. The van der Waals surface area contributed by atoms with E-state index in [9.17, 15) is 0 Å². The first-order valence-electron chi connectivity index (χ1n) is 6.52. The van der Waals surface area contributed by atoms with Crippen LogP contribution in [-0.4, -0.2) is 52.2 Å². The molecule has 1 aromatic heterocycles. The molecule has 0 spiro atoms. The van der Waals surface area contributed by atoms with Crippen LogP contribution in [0.15, 0.2) is 10.1 Å². The average molecular weight is 440 g/mol. The fraction of sp³-hybridized carbons (Fsp3) is 0.571. The maximum absolute atomic E-state index is 5.56. The van der Waals surface area contributed by atoms with Crippen molar-refractivity contribution in [1.29, 1.82) is 0 Å². The van der Waals surface area contributed by atoms with E-state index in [1.165, 1.54) is 26.8 Å². The zero-order chi connectivity index (χ0) is 13.2. The van der Waals surface area contributed by atoms with Gasteiger partial charge in [-0.3, -0.25) is 0 Å². The predicted molar refractivity (Wildman–Crippen MR) is 97.7 cm³/mol. The van der Waals surface area contributed by atoms with Crippen molar-refractivity contribution in [2.45, 2.75) is 36.2 Å². The minimum atomic E-state index is -0.0808. The van der Waals surface area contributed by atoms with Crippen LogP contribution in [0.2, 0.25) is 0 Å². The van der Waals surface area contributed by atoms with Crippen molar-refractivity contribution in [2.75, 3.05) is 11.5 Å². The van der Waals surface area contributed by atoms with Crippen molar-refractivity contribution < 1.29 is 0 Å². The van der Waals surface area contributed by atoms with E-state index in [0.717, 1.165) is 36.2 Å². The maximum atomic E-state index is 5.56. The zero-order valence-corrected chi connectivity index (χ0v) is 16.2. The summed E-state index contributed by atoms with van der Waals surface area (Å²) in [6.07, 6.45) is 4.42. The third-order valence-electron chi connectivity index (χ3n) is 3.30. The Balaban J connectivity index is 1.54. The number of thioether (sulfide) groups is 2. The molecule has 2 saturated heterocycles. The minimum absolute atomic E-state index is 0.0808. The van der Waals surface area contributed by atoms with Crippen LogP contribution in [0.1, 0.15) is 22.0 Å². The Kier molecular flexibility index (Phi) is 5.50. The molecule has 2 unspecified atom stereocenters. The molecule has 0 N–H and O–H groups in total. The Morgan fingerprint density at radius 1 is 1.11 bits per heavy atom. The monoisotopic (exact) mass is 442 g/mol. The van der Waals surface area contributed by atoms with Crippen LogP contribution in [-0.2, 0) is 12.8 Å². The zero-order valence-electron chi connectivity index (χ0n) is 10.6. The second-order valence-electron chi connectivity index (χ2n) is 5.12. The molecule has 0 nitrogen and oxygen atoms in total. The van der Waals surface area contributed by atoms with Gasteiger partial charge in [0, 0.05) is 0 Å². The molecule has 2 aliphatic heterocycles. The summed E-state index contributed by atoms with van der Waals surface area (Å²) in [5, 5.41) is 1.69. The predicted octanol–water partition coefficient (Wildman–Crippen LogP) is 3.58. The molecule has 2 atom stereocenters. The van der Waals surface area contributed by atoms with Crippen LogP contribution in [0.25, 0.3) is 0 Å². The Morgan fingerprint density at radius 3 is 2.26 bits per heavy atom. The molecule has 3 heterocycles. The van der Waals surface area contributed by atoms with Gasteiger partial charge in [-0.1, -0.05) is 0 Å². The molecule has 1 aromatic rings. The third kappa shape index (κ3) is 5.13.